The summed E-state index contributed by atoms with van der Waals surface area (Å²) in [5, 5.41) is 1.94. The first-order chi connectivity index (χ1) is 8.43. The van der Waals surface area contributed by atoms with Crippen LogP contribution in [-0.2, 0) is 11.3 Å². The van der Waals surface area contributed by atoms with E-state index in [0.29, 0.717) is 12.3 Å². The van der Waals surface area contributed by atoms with Crippen LogP contribution in [0.15, 0.2) is 22.7 Å². The number of hydrogen-bond donors (Lipinski definition) is 3. The van der Waals surface area contributed by atoms with Crippen molar-refractivity contribution in [3.8, 4) is 5.75 Å². The Labute approximate surface area is 113 Å². The lowest BCUT2D eigenvalue weighted by molar-refractivity contribution is -0.126. The van der Waals surface area contributed by atoms with Gasteiger partial charge in [-0.2, -0.15) is 0 Å². The van der Waals surface area contributed by atoms with Gasteiger partial charge in [0, 0.05) is 11.0 Å². The molecular weight excluding hydrogens is 302 g/mol. The lowest BCUT2D eigenvalue weighted by Crippen LogP contribution is -2.42. The number of rotatable bonds is 4. The second-order valence-corrected chi connectivity index (χ2v) is 4.43. The van der Waals surface area contributed by atoms with Crippen LogP contribution in [0.3, 0.4) is 0 Å². The summed E-state index contributed by atoms with van der Waals surface area (Å²) in [7, 11) is 0. The molecule has 0 aliphatic rings. The van der Waals surface area contributed by atoms with Crippen molar-refractivity contribution in [2.24, 2.45) is 11.5 Å². The number of imide groups is 1. The summed E-state index contributed by atoms with van der Waals surface area (Å²) in [6, 6.07) is 4.28. The van der Waals surface area contributed by atoms with Crippen molar-refractivity contribution in [3.63, 3.8) is 0 Å². The molecule has 1 unspecified atom stereocenters. The van der Waals surface area contributed by atoms with Crippen molar-refractivity contribution in [2.45, 2.75) is 19.6 Å². The lowest BCUT2D eigenvalue weighted by atomic mass is 10.2. The second kappa shape index (κ2) is 6.36. The summed E-state index contributed by atoms with van der Waals surface area (Å²) in [6.45, 7) is 1.86. The van der Waals surface area contributed by atoms with E-state index in [1.807, 2.05) is 5.32 Å². The first kappa shape index (κ1) is 14.5. The van der Waals surface area contributed by atoms with E-state index in [2.05, 4.69) is 15.9 Å². The Hall–Kier alpha value is -1.60. The molecule has 0 aromatic heterocycles. The van der Waals surface area contributed by atoms with Crippen LogP contribution >= 0.6 is 15.9 Å². The Morgan fingerprint density at radius 2 is 2.17 bits per heavy atom. The Balaban J connectivity index is 2.72. The third-order valence-corrected chi connectivity index (χ3v) is 2.94. The number of amides is 3. The molecule has 0 saturated carbocycles. The van der Waals surface area contributed by atoms with Crippen molar-refractivity contribution in [1.82, 2.24) is 5.32 Å². The van der Waals surface area contributed by atoms with Gasteiger partial charge in [0.2, 0.25) is 0 Å². The first-order valence-electron chi connectivity index (χ1n) is 5.19. The Kier molecular flexibility index (Phi) is 5.11. The molecular formula is C11H14BrN3O3. The molecule has 1 atom stereocenters. The predicted octanol–water partition coefficient (Wildman–Crippen LogP) is 0.870. The fraction of sp³-hybridized carbons (Fsp3) is 0.273. The van der Waals surface area contributed by atoms with E-state index in [9.17, 15) is 9.59 Å². The molecule has 0 radical (unpaired) electrons. The normalized spacial score (nSPS) is 11.7. The Morgan fingerprint density at radius 3 is 2.72 bits per heavy atom. The van der Waals surface area contributed by atoms with Crippen LogP contribution in [0.25, 0.3) is 0 Å². The van der Waals surface area contributed by atoms with Gasteiger partial charge < -0.3 is 16.2 Å². The molecule has 0 fully saturated rings. The van der Waals surface area contributed by atoms with E-state index >= 15 is 0 Å². The van der Waals surface area contributed by atoms with Crippen LogP contribution in [0.4, 0.5) is 4.79 Å². The average molecular weight is 316 g/mol. The van der Waals surface area contributed by atoms with Gasteiger partial charge in [-0.15, -0.1) is 0 Å². The minimum Gasteiger partial charge on any atom is -0.481 e. The van der Waals surface area contributed by atoms with Crippen LogP contribution in [0.1, 0.15) is 12.5 Å². The molecule has 5 N–H and O–H groups in total. The molecule has 0 aliphatic heterocycles. The van der Waals surface area contributed by atoms with Crippen LogP contribution in [0.5, 0.6) is 5.75 Å². The summed E-state index contributed by atoms with van der Waals surface area (Å²) in [5.41, 5.74) is 11.2. The van der Waals surface area contributed by atoms with Gasteiger partial charge >= 0.3 is 6.03 Å². The summed E-state index contributed by atoms with van der Waals surface area (Å²) >= 11 is 3.34. The van der Waals surface area contributed by atoms with Gasteiger partial charge in [0.15, 0.2) is 6.10 Å². The van der Waals surface area contributed by atoms with E-state index in [1.54, 1.807) is 18.2 Å². The lowest BCUT2D eigenvalue weighted by Gasteiger charge is -2.14. The van der Waals surface area contributed by atoms with Crippen molar-refractivity contribution < 1.29 is 14.3 Å². The van der Waals surface area contributed by atoms with Gasteiger partial charge in [0.1, 0.15) is 5.75 Å². The number of primary amides is 1. The summed E-state index contributed by atoms with van der Waals surface area (Å²) < 4.78 is 6.25. The Morgan fingerprint density at radius 1 is 1.50 bits per heavy atom. The number of halogens is 1. The number of benzene rings is 1. The van der Waals surface area contributed by atoms with Crippen LogP contribution in [-0.4, -0.2) is 18.0 Å². The van der Waals surface area contributed by atoms with Crippen molar-refractivity contribution in [1.29, 1.82) is 0 Å². The third kappa shape index (κ3) is 4.01. The number of ether oxygens (including phenoxy) is 1. The maximum Gasteiger partial charge on any atom is 0.318 e. The Bertz CT molecular complexity index is 465. The van der Waals surface area contributed by atoms with Gasteiger partial charge in [0.05, 0.1) is 0 Å². The predicted molar refractivity (Wildman–Crippen MR) is 69.8 cm³/mol. The van der Waals surface area contributed by atoms with Gasteiger partial charge in [-0.05, 0) is 30.7 Å². The molecule has 7 heteroatoms. The van der Waals surface area contributed by atoms with E-state index in [0.717, 1.165) is 10.0 Å². The summed E-state index contributed by atoms with van der Waals surface area (Å²) in [4.78, 5) is 21.9. The zero-order valence-corrected chi connectivity index (χ0v) is 11.4. The molecule has 6 nitrogen and oxygen atoms in total. The summed E-state index contributed by atoms with van der Waals surface area (Å²) in [5.74, 6) is -0.106. The SMILES string of the molecule is CC(Oc1ccc(Br)c(CN)c1)C(=O)NC(N)=O. The number of urea groups is 1. The van der Waals surface area contributed by atoms with Crippen molar-refractivity contribution in [2.75, 3.05) is 0 Å². The smallest absolute Gasteiger partial charge is 0.318 e. The fourth-order valence-electron chi connectivity index (χ4n) is 1.26. The molecule has 0 spiro atoms. The topological polar surface area (TPSA) is 107 Å². The van der Waals surface area contributed by atoms with E-state index in [4.69, 9.17) is 16.2 Å². The van der Waals surface area contributed by atoms with E-state index in [1.165, 1.54) is 6.92 Å². The first-order valence-corrected chi connectivity index (χ1v) is 5.98. The highest BCUT2D eigenvalue weighted by Crippen LogP contribution is 2.22. The molecule has 1 aromatic carbocycles. The number of nitrogens with one attached hydrogen (secondary N) is 1. The van der Waals surface area contributed by atoms with Gasteiger partial charge in [-0.1, -0.05) is 15.9 Å². The highest BCUT2D eigenvalue weighted by molar-refractivity contribution is 9.10. The summed E-state index contributed by atoms with van der Waals surface area (Å²) in [6.07, 6.45) is -0.829. The molecule has 0 saturated heterocycles. The zero-order chi connectivity index (χ0) is 13.7. The maximum absolute atomic E-state index is 11.4. The molecule has 0 heterocycles. The van der Waals surface area contributed by atoms with Gasteiger partial charge in [-0.3, -0.25) is 10.1 Å². The van der Waals surface area contributed by atoms with Crippen LogP contribution in [0.2, 0.25) is 0 Å². The number of carbonyl (C=O) groups is 2. The number of nitrogens with two attached hydrogens (primary N) is 2. The molecule has 18 heavy (non-hydrogen) atoms. The quantitative estimate of drug-likeness (QED) is 0.766. The van der Waals surface area contributed by atoms with Gasteiger partial charge in [-0.25, -0.2) is 4.79 Å². The zero-order valence-electron chi connectivity index (χ0n) is 9.77. The minimum absolute atomic E-state index is 0.347. The maximum atomic E-state index is 11.4. The highest BCUT2D eigenvalue weighted by atomic mass is 79.9. The number of hydrogen-bond acceptors (Lipinski definition) is 4. The van der Waals surface area contributed by atoms with E-state index in [-0.39, 0.29) is 0 Å². The second-order valence-electron chi connectivity index (χ2n) is 3.57. The largest absolute Gasteiger partial charge is 0.481 e. The number of carbonyl (C=O) groups excluding carboxylic acids is 2. The van der Waals surface area contributed by atoms with Crippen LogP contribution in [0, 0.1) is 0 Å². The molecule has 1 aromatic rings. The van der Waals surface area contributed by atoms with Gasteiger partial charge in [0.25, 0.3) is 5.91 Å². The molecule has 0 aliphatic carbocycles. The van der Waals surface area contributed by atoms with E-state index < -0.39 is 18.0 Å². The fourth-order valence-corrected chi connectivity index (χ4v) is 1.67. The minimum atomic E-state index is -0.908. The highest BCUT2D eigenvalue weighted by Gasteiger charge is 2.16. The average Bonchev–Trinajstić information content (AvgIpc) is 2.30. The molecule has 3 amide bonds. The standard InChI is InChI=1S/C11H14BrN3O3/c1-6(10(16)15-11(14)17)18-8-2-3-9(12)7(4-8)5-13/h2-4,6H,5,13H2,1H3,(H3,14,15,16,17). The van der Waals surface area contributed by atoms with Crippen molar-refractivity contribution >= 4 is 27.9 Å². The monoisotopic (exact) mass is 315 g/mol. The van der Waals surface area contributed by atoms with Crippen LogP contribution < -0.4 is 21.5 Å². The molecule has 1 rings (SSSR count). The third-order valence-electron chi connectivity index (χ3n) is 2.17. The molecule has 0 bridgehead atoms. The van der Waals surface area contributed by atoms with Crippen molar-refractivity contribution in [3.05, 3.63) is 28.2 Å². The molecule has 98 valence electrons.